The smallest absolute Gasteiger partial charge is 0.408 e. The number of hydrogen-bond donors (Lipinski definition) is 2. The minimum absolute atomic E-state index is 0.281. The molecule has 2 aromatic carbocycles. The largest absolute Gasteiger partial charge is 0.444 e. The lowest BCUT2D eigenvalue weighted by molar-refractivity contribution is -0.145. The third kappa shape index (κ3) is 11.6. The Morgan fingerprint density at radius 2 is 1.69 bits per heavy atom. The predicted molar refractivity (Wildman–Crippen MR) is 174 cm³/mol. The summed E-state index contributed by atoms with van der Waals surface area (Å²) in [5.41, 5.74) is 1.77. The molecule has 3 unspecified atom stereocenters. The molecule has 0 aliphatic heterocycles. The highest BCUT2D eigenvalue weighted by atomic mass is 32.2. The first-order valence-corrected chi connectivity index (χ1v) is 16.1. The zero-order chi connectivity index (χ0) is 31.3. The molecule has 0 aliphatic rings. The van der Waals surface area contributed by atoms with E-state index < -0.39 is 23.8 Å². The van der Waals surface area contributed by atoms with E-state index in [1.54, 1.807) is 43.5 Å². The van der Waals surface area contributed by atoms with Gasteiger partial charge < -0.3 is 20.3 Å². The lowest BCUT2D eigenvalue weighted by atomic mass is 9.96. The van der Waals surface area contributed by atoms with E-state index in [1.807, 2.05) is 67.8 Å². The highest BCUT2D eigenvalue weighted by Crippen LogP contribution is 2.29. The Balaban J connectivity index is 2.58. The standard InChI is InChI=1S/C34H49N3O4S/c1-9-26-16-13-17-28(22-26)30(31(38)35-23-27-14-11-10-12-15-27)37(25(4)19-18-24(2)3)32(39)29(20-21-42-8)36-33(40)41-34(5,6)7/h9-17,22,24-25,29-30H,1,18-21,23H2,2-8H3,(H,35,38)(H,36,40). The van der Waals surface area contributed by atoms with Gasteiger partial charge in [-0.1, -0.05) is 75.0 Å². The van der Waals surface area contributed by atoms with Crippen LogP contribution in [0.3, 0.4) is 0 Å². The molecule has 8 heteroatoms. The van der Waals surface area contributed by atoms with E-state index in [9.17, 15) is 14.4 Å². The third-order valence-corrected chi connectivity index (χ3v) is 7.43. The van der Waals surface area contributed by atoms with E-state index in [0.29, 0.717) is 36.6 Å². The fraction of sp³-hybridized carbons (Fsp3) is 0.500. The second kappa shape index (κ2) is 17.0. The van der Waals surface area contributed by atoms with Crippen molar-refractivity contribution in [2.45, 2.75) is 91.1 Å². The van der Waals surface area contributed by atoms with Crippen LogP contribution in [-0.4, -0.2) is 52.5 Å². The van der Waals surface area contributed by atoms with Crippen LogP contribution < -0.4 is 10.6 Å². The Labute approximate surface area is 256 Å². The van der Waals surface area contributed by atoms with Crippen molar-refractivity contribution in [2.75, 3.05) is 12.0 Å². The van der Waals surface area contributed by atoms with Crippen molar-refractivity contribution >= 4 is 35.7 Å². The van der Waals surface area contributed by atoms with Crippen molar-refractivity contribution < 1.29 is 19.1 Å². The van der Waals surface area contributed by atoms with Gasteiger partial charge in [0.15, 0.2) is 0 Å². The van der Waals surface area contributed by atoms with Crippen LogP contribution in [0.4, 0.5) is 4.79 Å². The first-order chi connectivity index (χ1) is 19.9. The van der Waals surface area contributed by atoms with E-state index >= 15 is 0 Å². The number of hydrogen-bond acceptors (Lipinski definition) is 5. The normalized spacial score (nSPS) is 13.5. The van der Waals surface area contributed by atoms with Crippen LogP contribution in [-0.2, 0) is 20.9 Å². The fourth-order valence-electron chi connectivity index (χ4n) is 4.61. The molecule has 230 valence electrons. The van der Waals surface area contributed by atoms with Crippen molar-refractivity contribution in [1.29, 1.82) is 0 Å². The molecule has 42 heavy (non-hydrogen) atoms. The van der Waals surface area contributed by atoms with E-state index in [-0.39, 0.29) is 17.9 Å². The predicted octanol–water partition coefficient (Wildman–Crippen LogP) is 6.99. The van der Waals surface area contributed by atoms with Crippen LogP contribution >= 0.6 is 11.8 Å². The first-order valence-electron chi connectivity index (χ1n) is 14.7. The van der Waals surface area contributed by atoms with Gasteiger partial charge in [0.2, 0.25) is 11.8 Å². The molecule has 0 bridgehead atoms. The number of benzene rings is 2. The molecule has 3 amide bonds. The Morgan fingerprint density at radius 3 is 2.29 bits per heavy atom. The average Bonchev–Trinajstić information content (AvgIpc) is 2.94. The lowest BCUT2D eigenvalue weighted by Gasteiger charge is -2.39. The molecule has 0 heterocycles. The molecule has 0 aromatic heterocycles. The van der Waals surface area contributed by atoms with E-state index in [4.69, 9.17) is 4.74 Å². The van der Waals surface area contributed by atoms with Crippen LogP contribution in [0.5, 0.6) is 0 Å². The summed E-state index contributed by atoms with van der Waals surface area (Å²) in [7, 11) is 0. The van der Waals surface area contributed by atoms with Crippen molar-refractivity contribution in [2.24, 2.45) is 5.92 Å². The summed E-state index contributed by atoms with van der Waals surface area (Å²) in [5, 5.41) is 5.89. The number of carbonyl (C=O) groups excluding carboxylic acids is 3. The second-order valence-electron chi connectivity index (χ2n) is 12.0. The first kappa shape index (κ1) is 34.9. The molecule has 0 aliphatic carbocycles. The van der Waals surface area contributed by atoms with E-state index in [1.165, 1.54) is 0 Å². The number of rotatable bonds is 15. The molecule has 7 nitrogen and oxygen atoms in total. The van der Waals surface area contributed by atoms with Crippen molar-refractivity contribution in [3.63, 3.8) is 0 Å². The van der Waals surface area contributed by atoms with Gasteiger partial charge >= 0.3 is 6.09 Å². The van der Waals surface area contributed by atoms with Gasteiger partial charge in [0.1, 0.15) is 17.7 Å². The van der Waals surface area contributed by atoms with Gasteiger partial charge in [-0.3, -0.25) is 9.59 Å². The summed E-state index contributed by atoms with van der Waals surface area (Å²) in [4.78, 5) is 43.2. The van der Waals surface area contributed by atoms with Gasteiger partial charge in [-0.25, -0.2) is 4.79 Å². The number of nitrogens with zero attached hydrogens (tertiary/aromatic N) is 1. The SMILES string of the molecule is C=Cc1cccc(C(C(=O)NCc2ccccc2)N(C(=O)C(CCSC)NC(=O)OC(C)(C)C)C(C)CCC(C)C)c1. The van der Waals surface area contributed by atoms with Crippen LogP contribution in [0.1, 0.15) is 83.5 Å². The van der Waals surface area contributed by atoms with Gasteiger partial charge in [0.25, 0.3) is 0 Å². The second-order valence-corrected chi connectivity index (χ2v) is 13.0. The van der Waals surface area contributed by atoms with Crippen molar-refractivity contribution in [1.82, 2.24) is 15.5 Å². The minimum Gasteiger partial charge on any atom is -0.444 e. The van der Waals surface area contributed by atoms with Gasteiger partial charge in [-0.2, -0.15) is 11.8 Å². The van der Waals surface area contributed by atoms with Crippen LogP contribution in [0, 0.1) is 5.92 Å². The Hall–Kier alpha value is -3.26. The lowest BCUT2D eigenvalue weighted by Crippen LogP contribution is -2.55. The molecule has 0 saturated heterocycles. The highest BCUT2D eigenvalue weighted by Gasteiger charge is 2.38. The third-order valence-electron chi connectivity index (χ3n) is 6.79. The molecule has 2 N–H and O–H groups in total. The Bertz CT molecular complexity index is 1160. The summed E-state index contributed by atoms with van der Waals surface area (Å²) in [6.45, 7) is 15.8. The van der Waals surface area contributed by atoms with Gasteiger partial charge in [-0.05, 0) is 87.6 Å². The molecule has 0 saturated carbocycles. The summed E-state index contributed by atoms with van der Waals surface area (Å²) < 4.78 is 5.51. The maximum absolute atomic E-state index is 14.5. The molecule has 0 spiro atoms. The number of amides is 3. The average molecular weight is 596 g/mol. The molecule has 3 atom stereocenters. The number of nitrogens with one attached hydrogen (secondary N) is 2. The topological polar surface area (TPSA) is 87.7 Å². The summed E-state index contributed by atoms with van der Waals surface area (Å²) in [6, 6.07) is 15.2. The van der Waals surface area contributed by atoms with Crippen molar-refractivity contribution in [3.05, 3.63) is 77.9 Å². The molecule has 0 radical (unpaired) electrons. The molecular formula is C34H49N3O4S. The molecular weight excluding hydrogens is 546 g/mol. The maximum atomic E-state index is 14.5. The Morgan fingerprint density at radius 1 is 1.00 bits per heavy atom. The number of carbonyl (C=O) groups is 3. The zero-order valence-corrected chi connectivity index (χ0v) is 27.1. The summed E-state index contributed by atoms with van der Waals surface area (Å²) >= 11 is 1.59. The number of ether oxygens (including phenoxy) is 1. The zero-order valence-electron chi connectivity index (χ0n) is 26.3. The van der Waals surface area contributed by atoms with E-state index in [2.05, 4.69) is 31.1 Å². The fourth-order valence-corrected chi connectivity index (χ4v) is 5.08. The minimum atomic E-state index is -0.916. The van der Waals surface area contributed by atoms with Crippen LogP contribution in [0.25, 0.3) is 6.08 Å². The highest BCUT2D eigenvalue weighted by molar-refractivity contribution is 7.98. The maximum Gasteiger partial charge on any atom is 0.408 e. The molecule has 2 aromatic rings. The molecule has 2 rings (SSSR count). The van der Waals surface area contributed by atoms with Crippen LogP contribution in [0.15, 0.2) is 61.2 Å². The Kier molecular flexibility index (Phi) is 14.1. The quantitative estimate of drug-likeness (QED) is 0.232. The van der Waals surface area contributed by atoms with Gasteiger partial charge in [0, 0.05) is 12.6 Å². The summed E-state index contributed by atoms with van der Waals surface area (Å²) in [6.07, 6.45) is 5.01. The molecule has 0 fully saturated rings. The van der Waals surface area contributed by atoms with Gasteiger partial charge in [-0.15, -0.1) is 0 Å². The van der Waals surface area contributed by atoms with Crippen molar-refractivity contribution in [3.8, 4) is 0 Å². The number of thioether (sulfide) groups is 1. The van der Waals surface area contributed by atoms with E-state index in [0.717, 1.165) is 17.5 Å². The number of alkyl carbamates (subject to hydrolysis) is 1. The summed E-state index contributed by atoms with van der Waals surface area (Å²) in [5.74, 6) is 0.476. The monoisotopic (exact) mass is 595 g/mol. The van der Waals surface area contributed by atoms with Crippen LogP contribution in [0.2, 0.25) is 0 Å². The van der Waals surface area contributed by atoms with Gasteiger partial charge in [0.05, 0.1) is 0 Å².